The fourth-order valence-corrected chi connectivity index (χ4v) is 1.49. The number of nitrogens with zero attached hydrogens (tertiary/aromatic N) is 2. The molecule has 84 valence electrons. The van der Waals surface area contributed by atoms with Gasteiger partial charge >= 0.3 is 0 Å². The molecule has 0 aliphatic rings. The summed E-state index contributed by atoms with van der Waals surface area (Å²) in [5, 5.41) is 0. The Balaban J connectivity index is 2.25. The summed E-state index contributed by atoms with van der Waals surface area (Å²) in [4.78, 5) is 6.29. The Morgan fingerprint density at radius 3 is 2.67 bits per heavy atom. The molecule has 2 N–H and O–H groups in total. The summed E-state index contributed by atoms with van der Waals surface area (Å²) in [7, 11) is 2.12. The van der Waals surface area contributed by atoms with Gasteiger partial charge in [0.25, 0.3) is 0 Å². The zero-order valence-corrected chi connectivity index (χ0v) is 9.69. The Morgan fingerprint density at radius 1 is 1.40 bits per heavy atom. The van der Waals surface area contributed by atoms with Crippen LogP contribution in [0.1, 0.15) is 18.9 Å². The van der Waals surface area contributed by atoms with Crippen LogP contribution in [0.15, 0.2) is 24.5 Å². The molecule has 1 aromatic heterocycles. The fourth-order valence-electron chi connectivity index (χ4n) is 1.49. The Labute approximate surface area is 92.3 Å². The Hall–Kier alpha value is -0.930. The van der Waals surface area contributed by atoms with Gasteiger partial charge in [0.05, 0.1) is 0 Å². The molecule has 1 aromatic rings. The van der Waals surface area contributed by atoms with E-state index < -0.39 is 0 Å². The van der Waals surface area contributed by atoms with Gasteiger partial charge in [0.2, 0.25) is 0 Å². The van der Waals surface area contributed by atoms with Crippen LogP contribution < -0.4 is 5.73 Å². The molecule has 0 radical (unpaired) electrons. The van der Waals surface area contributed by atoms with Gasteiger partial charge in [-0.25, -0.2) is 0 Å². The number of likely N-dealkylation sites (N-methyl/N-ethyl adjacent to an activating group) is 1. The fraction of sp³-hybridized carbons (Fsp3) is 0.583. The summed E-state index contributed by atoms with van der Waals surface area (Å²) in [6.45, 7) is 4.15. The van der Waals surface area contributed by atoms with E-state index in [0.29, 0.717) is 6.04 Å². The van der Waals surface area contributed by atoms with Crippen molar-refractivity contribution in [1.82, 2.24) is 9.88 Å². The summed E-state index contributed by atoms with van der Waals surface area (Å²) in [5.74, 6) is 0. The van der Waals surface area contributed by atoms with Crippen molar-refractivity contribution < 1.29 is 0 Å². The molecular weight excluding hydrogens is 186 g/mol. The maximum Gasteiger partial charge on any atom is 0.0270 e. The van der Waals surface area contributed by atoms with Gasteiger partial charge in [-0.3, -0.25) is 4.98 Å². The molecule has 0 aliphatic carbocycles. The number of pyridine rings is 1. The lowest BCUT2D eigenvalue weighted by molar-refractivity contribution is 0.311. The Kier molecular flexibility index (Phi) is 5.29. The average molecular weight is 207 g/mol. The third-order valence-electron chi connectivity index (χ3n) is 2.60. The van der Waals surface area contributed by atoms with Crippen LogP contribution >= 0.6 is 0 Å². The third-order valence-corrected chi connectivity index (χ3v) is 2.60. The van der Waals surface area contributed by atoms with Crippen molar-refractivity contribution in [2.45, 2.75) is 25.8 Å². The first-order chi connectivity index (χ1) is 7.22. The van der Waals surface area contributed by atoms with E-state index in [9.17, 15) is 0 Å². The van der Waals surface area contributed by atoms with E-state index in [1.807, 2.05) is 12.4 Å². The molecule has 15 heavy (non-hydrogen) atoms. The lowest BCUT2D eigenvalue weighted by atomic mass is 10.2. The molecule has 0 fully saturated rings. The summed E-state index contributed by atoms with van der Waals surface area (Å²) in [5.41, 5.74) is 7.23. The highest BCUT2D eigenvalue weighted by Crippen LogP contribution is 1.99. The summed E-state index contributed by atoms with van der Waals surface area (Å²) < 4.78 is 0. The standard InChI is InChI=1S/C12H21N3/c1-3-12(13)10-15(2)9-6-11-4-7-14-8-5-11/h4-5,7-8,12H,3,6,9-10,13H2,1-2H3/t12-/m1/s1. The van der Waals surface area contributed by atoms with Crippen LogP contribution in [0.4, 0.5) is 0 Å². The van der Waals surface area contributed by atoms with E-state index in [0.717, 1.165) is 25.9 Å². The van der Waals surface area contributed by atoms with Crippen LogP contribution in [0.5, 0.6) is 0 Å². The van der Waals surface area contributed by atoms with Crippen molar-refractivity contribution in [1.29, 1.82) is 0 Å². The van der Waals surface area contributed by atoms with E-state index in [2.05, 4.69) is 36.0 Å². The molecule has 0 amide bonds. The van der Waals surface area contributed by atoms with Gasteiger partial charge < -0.3 is 10.6 Å². The van der Waals surface area contributed by atoms with Crippen LogP contribution in [0.3, 0.4) is 0 Å². The van der Waals surface area contributed by atoms with Gasteiger partial charge in [0, 0.05) is 31.5 Å². The summed E-state index contributed by atoms with van der Waals surface area (Å²) in [6, 6.07) is 4.42. The van der Waals surface area contributed by atoms with E-state index in [1.165, 1.54) is 5.56 Å². The molecular formula is C12H21N3. The first-order valence-corrected chi connectivity index (χ1v) is 5.55. The number of rotatable bonds is 6. The van der Waals surface area contributed by atoms with Crippen molar-refractivity contribution in [2.75, 3.05) is 20.1 Å². The molecule has 3 heteroatoms. The maximum atomic E-state index is 5.89. The summed E-state index contributed by atoms with van der Waals surface area (Å²) >= 11 is 0. The minimum atomic E-state index is 0.299. The highest BCUT2D eigenvalue weighted by Gasteiger charge is 2.04. The molecule has 1 atom stereocenters. The van der Waals surface area contributed by atoms with Gasteiger partial charge in [0.1, 0.15) is 0 Å². The minimum Gasteiger partial charge on any atom is -0.327 e. The zero-order chi connectivity index (χ0) is 11.1. The monoisotopic (exact) mass is 207 g/mol. The number of nitrogens with two attached hydrogens (primary N) is 1. The van der Waals surface area contributed by atoms with Crippen LogP contribution in [0, 0.1) is 0 Å². The van der Waals surface area contributed by atoms with Gasteiger partial charge in [0.15, 0.2) is 0 Å². The molecule has 1 rings (SSSR count). The molecule has 0 saturated carbocycles. The Bertz CT molecular complexity index is 261. The lowest BCUT2D eigenvalue weighted by Crippen LogP contribution is -2.35. The average Bonchev–Trinajstić information content (AvgIpc) is 2.27. The second kappa shape index (κ2) is 6.53. The lowest BCUT2D eigenvalue weighted by Gasteiger charge is -2.20. The number of aromatic nitrogens is 1. The van der Waals surface area contributed by atoms with Crippen molar-refractivity contribution in [2.24, 2.45) is 5.73 Å². The summed E-state index contributed by atoms with van der Waals surface area (Å²) in [6.07, 6.45) is 5.79. The Morgan fingerprint density at radius 2 is 2.07 bits per heavy atom. The molecule has 0 bridgehead atoms. The van der Waals surface area contributed by atoms with Gasteiger partial charge in [-0.05, 0) is 37.6 Å². The van der Waals surface area contributed by atoms with E-state index in [4.69, 9.17) is 5.73 Å². The second-order valence-electron chi connectivity index (χ2n) is 4.04. The van der Waals surface area contributed by atoms with E-state index in [1.54, 1.807) is 0 Å². The highest BCUT2D eigenvalue weighted by molar-refractivity contribution is 5.09. The smallest absolute Gasteiger partial charge is 0.0270 e. The predicted octanol–water partition coefficient (Wildman–Crippen LogP) is 1.29. The third kappa shape index (κ3) is 4.91. The van der Waals surface area contributed by atoms with Crippen molar-refractivity contribution in [3.05, 3.63) is 30.1 Å². The topological polar surface area (TPSA) is 42.1 Å². The van der Waals surface area contributed by atoms with Crippen LogP contribution in [-0.2, 0) is 6.42 Å². The number of hydrogen-bond donors (Lipinski definition) is 1. The van der Waals surface area contributed by atoms with Gasteiger partial charge in [-0.1, -0.05) is 6.92 Å². The molecule has 0 aliphatic heterocycles. The quantitative estimate of drug-likeness (QED) is 0.764. The van der Waals surface area contributed by atoms with Gasteiger partial charge in [-0.2, -0.15) is 0 Å². The second-order valence-corrected chi connectivity index (χ2v) is 4.04. The first-order valence-electron chi connectivity index (χ1n) is 5.55. The molecule has 0 unspecified atom stereocenters. The largest absolute Gasteiger partial charge is 0.327 e. The maximum absolute atomic E-state index is 5.89. The molecule has 0 aromatic carbocycles. The molecule has 3 nitrogen and oxygen atoms in total. The first kappa shape index (κ1) is 12.1. The highest BCUT2D eigenvalue weighted by atomic mass is 15.1. The minimum absolute atomic E-state index is 0.299. The number of hydrogen-bond acceptors (Lipinski definition) is 3. The predicted molar refractivity (Wildman–Crippen MR) is 63.7 cm³/mol. The normalized spacial score (nSPS) is 13.1. The molecule has 0 saturated heterocycles. The van der Waals surface area contributed by atoms with Crippen molar-refractivity contribution in [3.8, 4) is 0 Å². The SMILES string of the molecule is CC[C@@H](N)CN(C)CCc1ccncc1. The molecule has 0 spiro atoms. The van der Waals surface area contributed by atoms with E-state index in [-0.39, 0.29) is 0 Å². The zero-order valence-electron chi connectivity index (χ0n) is 9.69. The van der Waals surface area contributed by atoms with Crippen LogP contribution in [0.25, 0.3) is 0 Å². The van der Waals surface area contributed by atoms with Crippen LogP contribution in [-0.4, -0.2) is 36.1 Å². The molecule has 1 heterocycles. The van der Waals surface area contributed by atoms with Crippen molar-refractivity contribution in [3.63, 3.8) is 0 Å². The van der Waals surface area contributed by atoms with Gasteiger partial charge in [-0.15, -0.1) is 0 Å². The van der Waals surface area contributed by atoms with Crippen LogP contribution in [0.2, 0.25) is 0 Å². The van der Waals surface area contributed by atoms with E-state index >= 15 is 0 Å². The van der Waals surface area contributed by atoms with Crippen molar-refractivity contribution >= 4 is 0 Å².